The number of carbonyl (C=O) groups is 2. The number of fused-ring (bicyclic) bond motifs is 1. The number of nitrogens with zero attached hydrogens (tertiary/aromatic N) is 2. The van der Waals surface area contributed by atoms with Crippen LogP contribution >= 0.6 is 0 Å². The van der Waals surface area contributed by atoms with Crippen LogP contribution < -0.4 is 21.9 Å². The first-order chi connectivity index (χ1) is 15.9. The molecule has 1 atom stereocenters. The predicted molar refractivity (Wildman–Crippen MR) is 123 cm³/mol. The van der Waals surface area contributed by atoms with Gasteiger partial charge in [0.05, 0.1) is 12.1 Å². The van der Waals surface area contributed by atoms with Gasteiger partial charge in [0, 0.05) is 13.0 Å². The summed E-state index contributed by atoms with van der Waals surface area (Å²) in [5.41, 5.74) is 6.61. The molecule has 9 nitrogen and oxygen atoms in total. The van der Waals surface area contributed by atoms with Crippen LogP contribution in [0.5, 0.6) is 0 Å². The molecule has 1 aromatic heterocycles. The lowest BCUT2D eigenvalue weighted by Crippen LogP contribution is -2.48. The summed E-state index contributed by atoms with van der Waals surface area (Å²) in [4.78, 5) is 54.6. The molecule has 1 aliphatic rings. The van der Waals surface area contributed by atoms with Crippen molar-refractivity contribution in [1.82, 2.24) is 9.55 Å². The minimum Gasteiger partial charge on any atom is -0.448 e. The minimum absolute atomic E-state index is 0.120. The van der Waals surface area contributed by atoms with Crippen LogP contribution in [0.1, 0.15) is 34.8 Å². The third-order valence-corrected chi connectivity index (χ3v) is 5.55. The van der Waals surface area contributed by atoms with Crippen LogP contribution in [-0.4, -0.2) is 34.1 Å². The minimum atomic E-state index is -1.10. The van der Waals surface area contributed by atoms with E-state index in [1.807, 2.05) is 37.3 Å². The molecule has 2 heterocycles. The second-order valence-electron chi connectivity index (χ2n) is 7.81. The quantitative estimate of drug-likeness (QED) is 0.553. The van der Waals surface area contributed by atoms with E-state index in [1.54, 1.807) is 24.3 Å². The third-order valence-electron chi connectivity index (χ3n) is 5.55. The molecule has 1 aliphatic heterocycles. The average molecular weight is 448 g/mol. The topological polar surface area (TPSA) is 127 Å². The first kappa shape index (κ1) is 22.1. The van der Waals surface area contributed by atoms with Crippen molar-refractivity contribution >= 4 is 23.4 Å². The number of H-pyrrole nitrogens is 1. The van der Waals surface area contributed by atoms with Crippen LogP contribution in [0.4, 0.5) is 11.5 Å². The van der Waals surface area contributed by atoms with E-state index in [1.165, 1.54) is 9.47 Å². The number of benzene rings is 2. The molecule has 0 saturated carbocycles. The van der Waals surface area contributed by atoms with Gasteiger partial charge in [-0.1, -0.05) is 55.5 Å². The van der Waals surface area contributed by atoms with Gasteiger partial charge in [-0.15, -0.1) is 0 Å². The van der Waals surface area contributed by atoms with Crippen LogP contribution in [-0.2, 0) is 22.5 Å². The van der Waals surface area contributed by atoms with Gasteiger partial charge in [0.15, 0.2) is 11.8 Å². The molecule has 0 unspecified atom stereocenters. The van der Waals surface area contributed by atoms with E-state index in [-0.39, 0.29) is 31.0 Å². The van der Waals surface area contributed by atoms with Crippen molar-refractivity contribution in [2.75, 3.05) is 17.2 Å². The summed E-state index contributed by atoms with van der Waals surface area (Å²) >= 11 is 0. The van der Waals surface area contributed by atoms with E-state index >= 15 is 0 Å². The van der Waals surface area contributed by atoms with Crippen molar-refractivity contribution < 1.29 is 14.3 Å². The van der Waals surface area contributed by atoms with E-state index in [4.69, 9.17) is 10.5 Å². The SMILES string of the molecule is CCCN(C(=O)[C@@H]1Cc2ccccc2C(=O)O1)c1c(N)n(Cc2ccccc2)c(=O)[nH]c1=O. The van der Waals surface area contributed by atoms with Crippen LogP contribution in [0, 0.1) is 0 Å². The Hall–Kier alpha value is -4.14. The number of amides is 1. The highest BCUT2D eigenvalue weighted by Crippen LogP contribution is 2.25. The molecule has 0 bridgehead atoms. The van der Waals surface area contributed by atoms with Gasteiger partial charge in [-0.2, -0.15) is 0 Å². The Balaban J connectivity index is 1.73. The normalized spacial score (nSPS) is 14.9. The third kappa shape index (κ3) is 4.30. The number of nitrogens with one attached hydrogen (secondary N) is 1. The van der Waals surface area contributed by atoms with Crippen molar-refractivity contribution in [2.24, 2.45) is 0 Å². The maximum absolute atomic E-state index is 13.5. The molecule has 3 N–H and O–H groups in total. The highest BCUT2D eigenvalue weighted by molar-refractivity contribution is 6.02. The lowest BCUT2D eigenvalue weighted by Gasteiger charge is -2.30. The fourth-order valence-electron chi connectivity index (χ4n) is 3.96. The number of hydrogen-bond donors (Lipinski definition) is 2. The zero-order chi connectivity index (χ0) is 23.5. The molecule has 170 valence electrons. The maximum Gasteiger partial charge on any atom is 0.339 e. The Morgan fingerprint density at radius 1 is 1.12 bits per heavy atom. The van der Waals surface area contributed by atoms with Gasteiger partial charge in [0.1, 0.15) is 5.82 Å². The van der Waals surface area contributed by atoms with E-state index in [0.29, 0.717) is 17.5 Å². The lowest BCUT2D eigenvalue weighted by atomic mass is 9.98. The number of rotatable bonds is 6. The molecule has 4 rings (SSSR count). The summed E-state index contributed by atoms with van der Waals surface area (Å²) in [7, 11) is 0. The summed E-state index contributed by atoms with van der Waals surface area (Å²) in [5.74, 6) is -1.29. The summed E-state index contributed by atoms with van der Waals surface area (Å²) in [6, 6.07) is 16.1. The number of ether oxygens (including phenoxy) is 1. The number of cyclic esters (lactones) is 1. The van der Waals surface area contributed by atoms with E-state index in [2.05, 4.69) is 4.98 Å². The van der Waals surface area contributed by atoms with Gasteiger partial charge in [-0.05, 0) is 23.6 Å². The number of nitrogens with two attached hydrogens (primary N) is 1. The number of esters is 1. The van der Waals surface area contributed by atoms with Gasteiger partial charge < -0.3 is 15.4 Å². The lowest BCUT2D eigenvalue weighted by molar-refractivity contribution is -0.127. The molecule has 2 aromatic carbocycles. The predicted octanol–water partition coefficient (Wildman–Crippen LogP) is 1.69. The van der Waals surface area contributed by atoms with Gasteiger partial charge >= 0.3 is 11.7 Å². The monoisotopic (exact) mass is 448 g/mol. The van der Waals surface area contributed by atoms with Gasteiger partial charge in [-0.3, -0.25) is 19.1 Å². The number of carbonyl (C=O) groups excluding carboxylic acids is 2. The molecular weight excluding hydrogens is 424 g/mol. The Morgan fingerprint density at radius 2 is 1.82 bits per heavy atom. The zero-order valence-electron chi connectivity index (χ0n) is 18.1. The second-order valence-corrected chi connectivity index (χ2v) is 7.81. The number of nitrogen functional groups attached to an aromatic ring is 1. The molecule has 0 aliphatic carbocycles. The van der Waals surface area contributed by atoms with Crippen molar-refractivity contribution in [2.45, 2.75) is 32.4 Å². The number of anilines is 2. The molecule has 1 amide bonds. The van der Waals surface area contributed by atoms with E-state index in [9.17, 15) is 19.2 Å². The zero-order valence-corrected chi connectivity index (χ0v) is 18.1. The maximum atomic E-state index is 13.5. The van der Waals surface area contributed by atoms with Crippen LogP contribution in [0.3, 0.4) is 0 Å². The highest BCUT2D eigenvalue weighted by atomic mass is 16.5. The van der Waals surface area contributed by atoms with Gasteiger partial charge in [0.2, 0.25) is 0 Å². The van der Waals surface area contributed by atoms with E-state index in [0.717, 1.165) is 5.56 Å². The Morgan fingerprint density at radius 3 is 2.55 bits per heavy atom. The molecule has 0 fully saturated rings. The van der Waals surface area contributed by atoms with Crippen molar-refractivity contribution in [3.05, 3.63) is 92.1 Å². The van der Waals surface area contributed by atoms with Crippen molar-refractivity contribution in [1.29, 1.82) is 0 Å². The molecule has 33 heavy (non-hydrogen) atoms. The molecule has 3 aromatic rings. The summed E-state index contributed by atoms with van der Waals surface area (Å²) in [6.45, 7) is 2.12. The van der Waals surface area contributed by atoms with Crippen LogP contribution in [0.25, 0.3) is 0 Å². The first-order valence-corrected chi connectivity index (χ1v) is 10.7. The fourth-order valence-corrected chi connectivity index (χ4v) is 3.96. The van der Waals surface area contributed by atoms with Crippen molar-refractivity contribution in [3.8, 4) is 0 Å². The molecule has 9 heteroatoms. The Bertz CT molecular complexity index is 1310. The summed E-state index contributed by atoms with van der Waals surface area (Å²) in [5, 5.41) is 0. The highest BCUT2D eigenvalue weighted by Gasteiger charge is 2.36. The molecule has 0 spiro atoms. The van der Waals surface area contributed by atoms with Crippen molar-refractivity contribution in [3.63, 3.8) is 0 Å². The number of aromatic nitrogens is 2. The Labute approximate surface area is 189 Å². The summed E-state index contributed by atoms with van der Waals surface area (Å²) in [6.07, 6.45) is -0.408. The molecular formula is C24H24N4O5. The number of hydrogen-bond acceptors (Lipinski definition) is 6. The van der Waals surface area contributed by atoms with Gasteiger partial charge in [0.25, 0.3) is 11.5 Å². The first-order valence-electron chi connectivity index (χ1n) is 10.7. The largest absolute Gasteiger partial charge is 0.448 e. The average Bonchev–Trinajstić information content (AvgIpc) is 2.81. The standard InChI is InChI=1S/C24H24N4O5/c1-2-12-27(22(30)18-13-16-10-6-7-11-17(16)23(31)33-18)19-20(25)28(24(32)26-21(19)29)14-15-8-4-3-5-9-15/h3-11,18H,2,12-14,25H2,1H3,(H,26,29,32)/t18-/m0/s1. The summed E-state index contributed by atoms with van der Waals surface area (Å²) < 4.78 is 6.61. The fraction of sp³-hybridized carbons (Fsp3) is 0.250. The second kappa shape index (κ2) is 9.15. The van der Waals surface area contributed by atoms with Gasteiger partial charge in [-0.25, -0.2) is 9.59 Å². The smallest absolute Gasteiger partial charge is 0.339 e. The van der Waals surface area contributed by atoms with Crippen LogP contribution in [0.2, 0.25) is 0 Å². The molecule has 0 saturated heterocycles. The molecule has 0 radical (unpaired) electrons. The van der Waals surface area contributed by atoms with E-state index < -0.39 is 29.2 Å². The number of aromatic amines is 1. The Kier molecular flexibility index (Phi) is 6.12. The van der Waals surface area contributed by atoms with Crippen LogP contribution in [0.15, 0.2) is 64.2 Å².